The highest BCUT2D eigenvalue weighted by Gasteiger charge is 2.40. The van der Waals surface area contributed by atoms with E-state index in [9.17, 15) is 9.59 Å². The zero-order valence-electron chi connectivity index (χ0n) is 13.5. The Bertz CT molecular complexity index is 580. The molecule has 0 unspecified atom stereocenters. The van der Waals surface area contributed by atoms with E-state index in [4.69, 9.17) is 0 Å². The molecule has 0 radical (unpaired) electrons. The normalized spacial score (nSPS) is 19.2. The molecule has 2 fully saturated rings. The monoisotopic (exact) mass is 316 g/mol. The molecular weight excluding hydrogens is 292 g/mol. The third-order valence-corrected chi connectivity index (χ3v) is 4.49. The second-order valence-corrected chi connectivity index (χ2v) is 6.30. The fraction of sp³-hybridized carbons (Fsp3) is 0.529. The fourth-order valence-electron chi connectivity index (χ4n) is 3.19. The summed E-state index contributed by atoms with van der Waals surface area (Å²) in [7, 11) is 1.57. The van der Waals surface area contributed by atoms with Crippen LogP contribution in [0.25, 0.3) is 0 Å². The van der Waals surface area contributed by atoms with E-state index in [2.05, 4.69) is 20.9 Å². The predicted molar refractivity (Wildman–Crippen MR) is 90.5 cm³/mol. The molecule has 3 rings (SSSR count). The van der Waals surface area contributed by atoms with Crippen LogP contribution in [0.1, 0.15) is 25.7 Å². The first-order valence-electron chi connectivity index (χ1n) is 8.31. The van der Waals surface area contributed by atoms with Crippen molar-refractivity contribution >= 4 is 23.3 Å². The van der Waals surface area contributed by atoms with Gasteiger partial charge in [-0.2, -0.15) is 0 Å². The highest BCUT2D eigenvalue weighted by atomic mass is 16.2. The molecule has 6 heteroatoms. The molecule has 1 aliphatic heterocycles. The van der Waals surface area contributed by atoms with Crippen molar-refractivity contribution in [2.24, 2.45) is 5.92 Å². The van der Waals surface area contributed by atoms with Crippen LogP contribution < -0.4 is 16.0 Å². The Hall–Kier alpha value is -2.08. The van der Waals surface area contributed by atoms with Crippen LogP contribution in [0.4, 0.5) is 16.2 Å². The number of hydrogen-bond acceptors (Lipinski definition) is 3. The summed E-state index contributed by atoms with van der Waals surface area (Å²) < 4.78 is 0. The van der Waals surface area contributed by atoms with Crippen molar-refractivity contribution < 1.29 is 9.59 Å². The number of nitrogens with zero attached hydrogens (tertiary/aromatic N) is 1. The number of amides is 3. The molecule has 1 aromatic rings. The molecule has 2 aliphatic rings. The Balaban J connectivity index is 1.66. The predicted octanol–water partition coefficient (Wildman–Crippen LogP) is 2.25. The van der Waals surface area contributed by atoms with Crippen LogP contribution in [0.2, 0.25) is 0 Å². The number of nitrogens with one attached hydrogen (secondary N) is 3. The summed E-state index contributed by atoms with van der Waals surface area (Å²) in [5.74, 6) is 0.576. The van der Waals surface area contributed by atoms with Gasteiger partial charge in [-0.25, -0.2) is 4.79 Å². The number of likely N-dealkylation sites (tertiary alicyclic amines) is 1. The lowest BCUT2D eigenvalue weighted by molar-refractivity contribution is -0.121. The van der Waals surface area contributed by atoms with E-state index in [0.717, 1.165) is 25.9 Å². The van der Waals surface area contributed by atoms with E-state index >= 15 is 0 Å². The maximum absolute atomic E-state index is 12.7. The molecule has 1 saturated carbocycles. The van der Waals surface area contributed by atoms with Gasteiger partial charge in [0.25, 0.3) is 0 Å². The van der Waals surface area contributed by atoms with Gasteiger partial charge in [0.15, 0.2) is 0 Å². The first-order valence-corrected chi connectivity index (χ1v) is 8.31. The smallest absolute Gasteiger partial charge is 0.318 e. The van der Waals surface area contributed by atoms with E-state index in [0.29, 0.717) is 17.3 Å². The van der Waals surface area contributed by atoms with Crippen LogP contribution in [0.5, 0.6) is 0 Å². The summed E-state index contributed by atoms with van der Waals surface area (Å²) in [5.41, 5.74) is 1.38. The van der Waals surface area contributed by atoms with Crippen molar-refractivity contribution in [1.29, 1.82) is 0 Å². The van der Waals surface area contributed by atoms with Crippen LogP contribution in [0.15, 0.2) is 24.3 Å². The Kier molecular flexibility index (Phi) is 4.81. The standard InChI is InChI=1S/C17H24N4O2/c1-18-17(23)20-14-6-4-5-13(11-14)19-16(22)15(12-7-8-12)21-9-2-3-10-21/h4-6,11-12,15H,2-3,7-10H2,1H3,(H,19,22)(H2,18,20,23)/t15-/m1/s1. The van der Waals surface area contributed by atoms with E-state index in [-0.39, 0.29) is 18.0 Å². The van der Waals surface area contributed by atoms with Gasteiger partial charge in [0.1, 0.15) is 0 Å². The second kappa shape index (κ2) is 7.00. The maximum atomic E-state index is 12.7. The van der Waals surface area contributed by atoms with E-state index in [1.54, 1.807) is 19.2 Å². The minimum atomic E-state index is -0.276. The lowest BCUT2D eigenvalue weighted by Gasteiger charge is -2.26. The van der Waals surface area contributed by atoms with E-state index in [1.807, 2.05) is 12.1 Å². The lowest BCUT2D eigenvalue weighted by Crippen LogP contribution is -2.44. The number of carbonyl (C=O) groups is 2. The molecule has 1 aromatic carbocycles. The van der Waals surface area contributed by atoms with E-state index < -0.39 is 0 Å². The molecule has 0 spiro atoms. The molecule has 0 aromatic heterocycles. The van der Waals surface area contributed by atoms with Crippen molar-refractivity contribution in [1.82, 2.24) is 10.2 Å². The van der Waals surface area contributed by atoms with Crippen LogP contribution in [-0.2, 0) is 4.79 Å². The largest absolute Gasteiger partial charge is 0.341 e. The summed E-state index contributed by atoms with van der Waals surface area (Å²) in [4.78, 5) is 26.4. The number of carbonyl (C=O) groups excluding carboxylic acids is 2. The van der Waals surface area contributed by atoms with Gasteiger partial charge in [-0.05, 0) is 62.9 Å². The number of anilines is 2. The van der Waals surface area contributed by atoms with Gasteiger partial charge in [0, 0.05) is 18.4 Å². The summed E-state index contributed by atoms with van der Waals surface area (Å²) in [6.07, 6.45) is 4.66. The third kappa shape index (κ3) is 4.01. The van der Waals surface area contributed by atoms with Crippen molar-refractivity contribution in [3.63, 3.8) is 0 Å². The molecule has 1 aliphatic carbocycles. The number of urea groups is 1. The molecule has 6 nitrogen and oxygen atoms in total. The van der Waals surface area contributed by atoms with Crippen molar-refractivity contribution in [2.45, 2.75) is 31.7 Å². The molecule has 124 valence electrons. The van der Waals surface area contributed by atoms with Crippen molar-refractivity contribution in [2.75, 3.05) is 30.8 Å². The quantitative estimate of drug-likeness (QED) is 0.780. The fourth-order valence-corrected chi connectivity index (χ4v) is 3.19. The third-order valence-electron chi connectivity index (χ3n) is 4.49. The van der Waals surface area contributed by atoms with Crippen molar-refractivity contribution in [3.8, 4) is 0 Å². The minimum absolute atomic E-state index is 0.00643. The first kappa shape index (κ1) is 15.8. The molecule has 1 heterocycles. The van der Waals surface area contributed by atoms with Crippen LogP contribution in [0.3, 0.4) is 0 Å². The van der Waals surface area contributed by atoms with Gasteiger partial charge < -0.3 is 16.0 Å². The van der Waals surface area contributed by atoms with Crippen LogP contribution in [0, 0.1) is 5.92 Å². The molecule has 3 N–H and O–H groups in total. The SMILES string of the molecule is CNC(=O)Nc1cccc(NC(=O)[C@@H](C2CC2)N2CCCC2)c1. The Labute approximate surface area is 136 Å². The molecular formula is C17H24N4O2. The second-order valence-electron chi connectivity index (χ2n) is 6.30. The molecule has 1 saturated heterocycles. The van der Waals surface area contributed by atoms with Gasteiger partial charge in [0.05, 0.1) is 6.04 Å². The Morgan fingerprint density at radius 2 is 1.78 bits per heavy atom. The highest BCUT2D eigenvalue weighted by Crippen LogP contribution is 2.37. The lowest BCUT2D eigenvalue weighted by atomic mass is 10.1. The zero-order chi connectivity index (χ0) is 16.2. The number of hydrogen-bond donors (Lipinski definition) is 3. The number of rotatable bonds is 5. The average molecular weight is 316 g/mol. The molecule has 1 atom stereocenters. The highest BCUT2D eigenvalue weighted by molar-refractivity contribution is 5.96. The van der Waals surface area contributed by atoms with Crippen molar-refractivity contribution in [3.05, 3.63) is 24.3 Å². The van der Waals surface area contributed by atoms with Crippen LogP contribution >= 0.6 is 0 Å². The zero-order valence-corrected chi connectivity index (χ0v) is 13.5. The van der Waals surface area contributed by atoms with E-state index in [1.165, 1.54) is 12.8 Å². The first-order chi connectivity index (χ1) is 11.2. The minimum Gasteiger partial charge on any atom is -0.341 e. The van der Waals surface area contributed by atoms with Gasteiger partial charge in [-0.15, -0.1) is 0 Å². The summed E-state index contributed by atoms with van der Waals surface area (Å²) in [6, 6.07) is 6.96. The van der Waals surface area contributed by atoms with Gasteiger partial charge in [0.2, 0.25) is 5.91 Å². The Morgan fingerprint density at radius 1 is 1.13 bits per heavy atom. The van der Waals surface area contributed by atoms with Gasteiger partial charge in [-0.1, -0.05) is 6.07 Å². The molecule has 0 bridgehead atoms. The summed E-state index contributed by atoms with van der Waals surface area (Å²) in [5, 5.41) is 8.24. The summed E-state index contributed by atoms with van der Waals surface area (Å²) in [6.45, 7) is 2.04. The van der Waals surface area contributed by atoms with Gasteiger partial charge >= 0.3 is 6.03 Å². The topological polar surface area (TPSA) is 73.5 Å². The van der Waals surface area contributed by atoms with Gasteiger partial charge in [-0.3, -0.25) is 9.69 Å². The number of benzene rings is 1. The summed E-state index contributed by atoms with van der Waals surface area (Å²) >= 11 is 0. The average Bonchev–Trinajstić information content (AvgIpc) is 3.21. The Morgan fingerprint density at radius 3 is 2.39 bits per heavy atom. The molecule has 23 heavy (non-hydrogen) atoms. The van der Waals surface area contributed by atoms with Crippen LogP contribution in [-0.4, -0.2) is 43.0 Å². The molecule has 3 amide bonds. The maximum Gasteiger partial charge on any atom is 0.318 e.